The maximum atomic E-state index is 13.3. The fraction of sp³-hybridized carbons (Fsp3) is 0.350. The Morgan fingerprint density at radius 2 is 1.85 bits per heavy atom. The first kappa shape index (κ1) is 18.3. The predicted molar refractivity (Wildman–Crippen MR) is 107 cm³/mol. The molecule has 0 aromatic heterocycles. The second-order valence-corrected chi connectivity index (χ2v) is 9.49. The largest absolute Gasteiger partial charge is 0.309 e. The van der Waals surface area contributed by atoms with E-state index in [1.54, 1.807) is 35.2 Å². The van der Waals surface area contributed by atoms with Crippen molar-refractivity contribution in [2.45, 2.75) is 44.0 Å². The Hall–Kier alpha value is -2.05. The Balaban J connectivity index is 1.75. The number of hydrogen-bond acceptors (Lipinski definition) is 3. The van der Waals surface area contributed by atoms with Gasteiger partial charge in [0.2, 0.25) is 5.91 Å². The third-order valence-electron chi connectivity index (χ3n) is 5.31. The fourth-order valence-electron chi connectivity index (χ4n) is 4.16. The van der Waals surface area contributed by atoms with Gasteiger partial charge in [-0.05, 0) is 73.7 Å². The van der Waals surface area contributed by atoms with Crippen molar-refractivity contribution in [1.29, 1.82) is 0 Å². The summed E-state index contributed by atoms with van der Waals surface area (Å²) in [5, 5.41) is 0.615. The highest BCUT2D eigenvalue weighted by molar-refractivity contribution is 7.92. The van der Waals surface area contributed by atoms with E-state index in [4.69, 9.17) is 11.6 Å². The van der Waals surface area contributed by atoms with Crippen LogP contribution in [-0.4, -0.2) is 26.9 Å². The van der Waals surface area contributed by atoms with Gasteiger partial charge in [0, 0.05) is 30.2 Å². The van der Waals surface area contributed by atoms with Crippen LogP contribution in [0.1, 0.15) is 31.4 Å². The van der Waals surface area contributed by atoms with Gasteiger partial charge < -0.3 is 4.90 Å². The Morgan fingerprint density at radius 3 is 2.59 bits per heavy atom. The van der Waals surface area contributed by atoms with E-state index in [2.05, 4.69) is 0 Å². The lowest BCUT2D eigenvalue weighted by Crippen LogP contribution is -2.35. The molecule has 5 nitrogen and oxygen atoms in total. The molecule has 0 spiro atoms. The zero-order valence-corrected chi connectivity index (χ0v) is 16.8. The normalized spacial score (nSPS) is 19.0. The van der Waals surface area contributed by atoms with Gasteiger partial charge in [-0.1, -0.05) is 11.6 Å². The summed E-state index contributed by atoms with van der Waals surface area (Å²) < 4.78 is 28.2. The fourth-order valence-corrected chi connectivity index (χ4v) is 5.94. The van der Waals surface area contributed by atoms with Gasteiger partial charge in [0.05, 0.1) is 10.6 Å². The molecular weight excluding hydrogens is 384 g/mol. The molecule has 0 saturated heterocycles. The van der Waals surface area contributed by atoms with Gasteiger partial charge in [-0.25, -0.2) is 8.42 Å². The van der Waals surface area contributed by atoms with Gasteiger partial charge >= 0.3 is 0 Å². The molecule has 0 aliphatic carbocycles. The minimum Gasteiger partial charge on any atom is -0.309 e. The molecule has 2 aromatic carbocycles. The van der Waals surface area contributed by atoms with Crippen LogP contribution in [0, 0.1) is 0 Å². The lowest BCUT2D eigenvalue weighted by molar-refractivity contribution is -0.116. The summed E-state index contributed by atoms with van der Waals surface area (Å²) >= 11 is 6.07. The lowest BCUT2D eigenvalue weighted by atomic mass is 10.0. The van der Waals surface area contributed by atoms with Crippen LogP contribution in [0.2, 0.25) is 5.02 Å². The van der Waals surface area contributed by atoms with E-state index in [0.717, 1.165) is 29.7 Å². The summed E-state index contributed by atoms with van der Waals surface area (Å²) in [6, 6.07) is 10.5. The van der Waals surface area contributed by atoms with Gasteiger partial charge in [0.25, 0.3) is 10.0 Å². The molecule has 2 aromatic rings. The third-order valence-corrected chi connectivity index (χ3v) is 7.36. The number of aryl methyl sites for hydroxylation is 1. The molecule has 4 rings (SSSR count). The van der Waals surface area contributed by atoms with Crippen LogP contribution in [0.15, 0.2) is 41.3 Å². The zero-order valence-electron chi connectivity index (χ0n) is 15.3. The number of sulfonamides is 1. The number of fused-ring (bicyclic) bond motifs is 2. The van der Waals surface area contributed by atoms with Crippen LogP contribution in [-0.2, 0) is 27.7 Å². The zero-order chi connectivity index (χ0) is 19.3. The van der Waals surface area contributed by atoms with Crippen molar-refractivity contribution in [3.8, 4) is 0 Å². The van der Waals surface area contributed by atoms with Crippen molar-refractivity contribution >= 4 is 38.9 Å². The summed E-state index contributed by atoms with van der Waals surface area (Å²) in [6.07, 6.45) is 2.23. The Labute approximate surface area is 164 Å². The number of amides is 1. The molecule has 0 N–H and O–H groups in total. The molecule has 1 atom stereocenters. The van der Waals surface area contributed by atoms with Crippen molar-refractivity contribution in [2.75, 3.05) is 15.7 Å². The Morgan fingerprint density at radius 1 is 1.11 bits per heavy atom. The quantitative estimate of drug-likeness (QED) is 0.765. The number of hydrogen-bond donors (Lipinski definition) is 0. The van der Waals surface area contributed by atoms with Crippen molar-refractivity contribution < 1.29 is 13.2 Å². The van der Waals surface area contributed by atoms with E-state index in [1.165, 1.54) is 11.2 Å². The average molecular weight is 405 g/mol. The van der Waals surface area contributed by atoms with Crippen molar-refractivity contribution in [3.05, 3.63) is 52.5 Å². The van der Waals surface area contributed by atoms with Crippen LogP contribution in [0.25, 0.3) is 0 Å². The van der Waals surface area contributed by atoms with Crippen molar-refractivity contribution in [3.63, 3.8) is 0 Å². The minimum absolute atomic E-state index is 0.0290. The number of anilines is 2. The molecule has 2 heterocycles. The first-order valence-corrected chi connectivity index (χ1v) is 10.8. The van der Waals surface area contributed by atoms with Crippen molar-refractivity contribution in [1.82, 2.24) is 0 Å². The molecule has 0 saturated carbocycles. The molecule has 27 heavy (non-hydrogen) atoms. The van der Waals surface area contributed by atoms with Gasteiger partial charge in [0.15, 0.2) is 0 Å². The highest BCUT2D eigenvalue weighted by atomic mass is 35.5. The van der Waals surface area contributed by atoms with Gasteiger partial charge in [-0.2, -0.15) is 0 Å². The predicted octanol–water partition coefficient (Wildman–Crippen LogP) is 3.78. The molecule has 2 aliphatic rings. The van der Waals surface area contributed by atoms with Crippen LogP contribution in [0.3, 0.4) is 0 Å². The summed E-state index contributed by atoms with van der Waals surface area (Å²) in [4.78, 5) is 13.9. The number of benzene rings is 2. The molecular formula is C20H21ClN2O3S. The van der Waals surface area contributed by atoms with Crippen LogP contribution < -0.4 is 9.21 Å². The summed E-state index contributed by atoms with van der Waals surface area (Å²) in [6.45, 7) is 3.95. The maximum Gasteiger partial charge on any atom is 0.264 e. The standard InChI is InChI=1S/C20H21ClN2O3S/c1-13-10-16-12-18(6-8-20(16)23(13)14(2)24)27(25,26)22-9-3-4-15-11-17(21)5-7-19(15)22/h5-8,11-13H,3-4,9-10H2,1-2H3. The monoisotopic (exact) mass is 404 g/mol. The van der Waals surface area contributed by atoms with E-state index < -0.39 is 10.0 Å². The number of carbonyl (C=O) groups excluding carboxylic acids is 1. The summed E-state index contributed by atoms with van der Waals surface area (Å²) in [7, 11) is -3.68. The first-order valence-electron chi connectivity index (χ1n) is 9.03. The molecule has 142 valence electrons. The highest BCUT2D eigenvalue weighted by Gasteiger charge is 2.33. The molecule has 7 heteroatoms. The Bertz CT molecular complexity index is 1040. The van der Waals surface area contributed by atoms with Crippen LogP contribution >= 0.6 is 11.6 Å². The number of rotatable bonds is 2. The van der Waals surface area contributed by atoms with Crippen LogP contribution in [0.4, 0.5) is 11.4 Å². The molecule has 2 aliphatic heterocycles. The number of carbonyl (C=O) groups is 1. The minimum atomic E-state index is -3.68. The maximum absolute atomic E-state index is 13.3. The second kappa shape index (κ2) is 6.53. The smallest absolute Gasteiger partial charge is 0.264 e. The van der Waals surface area contributed by atoms with Crippen LogP contribution in [0.5, 0.6) is 0 Å². The molecule has 0 radical (unpaired) electrons. The van der Waals surface area contributed by atoms with Gasteiger partial charge in [0.1, 0.15) is 0 Å². The number of halogens is 1. The number of nitrogens with zero attached hydrogens (tertiary/aromatic N) is 2. The van der Waals surface area contributed by atoms with Crippen molar-refractivity contribution in [2.24, 2.45) is 0 Å². The molecule has 0 bridgehead atoms. The summed E-state index contributed by atoms with van der Waals surface area (Å²) in [5.74, 6) is -0.0290. The van der Waals surface area contributed by atoms with E-state index in [0.29, 0.717) is 23.7 Å². The van der Waals surface area contributed by atoms with E-state index in [1.807, 2.05) is 13.0 Å². The summed E-state index contributed by atoms with van der Waals surface area (Å²) in [5.41, 5.74) is 3.35. The second-order valence-electron chi connectivity index (χ2n) is 7.19. The third kappa shape index (κ3) is 3.01. The van der Waals surface area contributed by atoms with E-state index >= 15 is 0 Å². The molecule has 1 amide bonds. The SMILES string of the molecule is CC(=O)N1c2ccc(S(=O)(=O)N3CCCc4cc(Cl)ccc43)cc2CC1C. The van der Waals surface area contributed by atoms with E-state index in [9.17, 15) is 13.2 Å². The van der Waals surface area contributed by atoms with Gasteiger partial charge in [-0.3, -0.25) is 9.10 Å². The Kier molecular flexibility index (Phi) is 4.43. The average Bonchev–Trinajstić information content (AvgIpc) is 2.95. The van der Waals surface area contributed by atoms with E-state index in [-0.39, 0.29) is 16.8 Å². The molecule has 0 fully saturated rings. The topological polar surface area (TPSA) is 57.7 Å². The highest BCUT2D eigenvalue weighted by Crippen LogP contribution is 2.37. The first-order chi connectivity index (χ1) is 12.8. The van der Waals surface area contributed by atoms with Gasteiger partial charge in [-0.15, -0.1) is 0 Å². The molecule has 1 unspecified atom stereocenters. The lowest BCUT2D eigenvalue weighted by Gasteiger charge is -2.30.